The van der Waals surface area contributed by atoms with Crippen molar-refractivity contribution in [3.05, 3.63) is 0 Å². The largest absolute Gasteiger partial charge is 1.00 e. The van der Waals surface area contributed by atoms with Crippen LogP contribution < -0.4 is 17.0 Å². The first-order valence-electron chi connectivity index (χ1n) is 16.3. The third-order valence-electron chi connectivity index (χ3n) is 13.4. The monoisotopic (exact) mass is 613 g/mol. The van der Waals surface area contributed by atoms with Gasteiger partial charge in [0.2, 0.25) is 0 Å². The van der Waals surface area contributed by atoms with Gasteiger partial charge in [-0.25, -0.2) is 0 Å². The maximum Gasteiger partial charge on any atom is 0.147 e. The van der Waals surface area contributed by atoms with Crippen LogP contribution in [0.5, 0.6) is 0 Å². The van der Waals surface area contributed by atoms with E-state index in [1.54, 1.807) is 0 Å². The molecule has 1 heterocycles. The van der Waals surface area contributed by atoms with Gasteiger partial charge in [-0.05, 0) is 85.9 Å². The molecule has 10 atom stereocenters. The standard InChI is InChI=1S/C33H60NO4.BrH/c1-23(2)8-7-9-24(3)27-10-11-28-26-21-32(22-34(6,16-18-35)17-19-36)33(38-32)20-25(37)12-15-31(33,5)29(26)13-14-30(27,28)4;/h23-29,35-37H,7-22H2,1-6H3;1H/q+1;/p-1/t24-,25+,26+,27-,28+,29+,30-,31-,32-,33+;/m1./s1. The molecule has 228 valence electrons. The fourth-order valence-corrected chi connectivity index (χ4v) is 11.6. The van der Waals surface area contributed by atoms with Crippen molar-refractivity contribution in [2.24, 2.45) is 46.3 Å². The minimum absolute atomic E-state index is 0. The van der Waals surface area contributed by atoms with Crippen LogP contribution in [-0.2, 0) is 4.74 Å². The van der Waals surface area contributed by atoms with Gasteiger partial charge in [-0.3, -0.25) is 0 Å². The van der Waals surface area contributed by atoms with Gasteiger partial charge in [0.1, 0.15) is 30.8 Å². The second kappa shape index (κ2) is 11.4. The molecule has 5 aliphatic rings. The highest BCUT2D eigenvalue weighted by Crippen LogP contribution is 2.78. The van der Waals surface area contributed by atoms with Crippen LogP contribution in [0.15, 0.2) is 0 Å². The maximum absolute atomic E-state index is 10.9. The van der Waals surface area contributed by atoms with Gasteiger partial charge in [0.05, 0.1) is 26.4 Å². The van der Waals surface area contributed by atoms with Gasteiger partial charge in [-0.2, -0.15) is 0 Å². The van der Waals surface area contributed by atoms with Crippen LogP contribution in [0.4, 0.5) is 0 Å². The molecular weight excluding hydrogens is 554 g/mol. The van der Waals surface area contributed by atoms with Gasteiger partial charge in [0.25, 0.3) is 0 Å². The molecule has 1 spiro atoms. The lowest BCUT2D eigenvalue weighted by Gasteiger charge is -2.61. The number of hydrogen-bond acceptors (Lipinski definition) is 4. The molecule has 0 radical (unpaired) electrons. The zero-order valence-corrected chi connectivity index (χ0v) is 27.5. The lowest BCUT2D eigenvalue weighted by Crippen LogP contribution is -3.00. The first-order chi connectivity index (χ1) is 17.9. The van der Waals surface area contributed by atoms with Crippen molar-refractivity contribution in [2.45, 2.75) is 123 Å². The number of likely N-dealkylation sites (N-methyl/N-ethyl adjacent to an activating group) is 1. The van der Waals surface area contributed by atoms with Crippen LogP contribution in [0.2, 0.25) is 0 Å². The number of nitrogens with zero attached hydrogens (tertiary/aromatic N) is 1. The summed E-state index contributed by atoms with van der Waals surface area (Å²) in [7, 11) is 2.19. The van der Waals surface area contributed by atoms with Gasteiger partial charge in [0.15, 0.2) is 0 Å². The van der Waals surface area contributed by atoms with E-state index in [2.05, 4.69) is 41.7 Å². The summed E-state index contributed by atoms with van der Waals surface area (Å²) in [6.45, 7) is 14.8. The molecule has 0 amide bonds. The first-order valence-corrected chi connectivity index (χ1v) is 16.3. The van der Waals surface area contributed by atoms with Gasteiger partial charge in [0, 0.05) is 11.8 Å². The summed E-state index contributed by atoms with van der Waals surface area (Å²) in [4.78, 5) is 0. The lowest BCUT2D eigenvalue weighted by atomic mass is 9.42. The average Bonchev–Trinajstić information content (AvgIpc) is 3.28. The Kier molecular flexibility index (Phi) is 9.42. The third-order valence-corrected chi connectivity index (χ3v) is 13.4. The molecule has 1 saturated heterocycles. The van der Waals surface area contributed by atoms with Gasteiger partial charge in [-0.1, -0.05) is 53.9 Å². The van der Waals surface area contributed by atoms with Crippen LogP contribution in [0.3, 0.4) is 0 Å². The summed E-state index contributed by atoms with van der Waals surface area (Å²) in [5.74, 6) is 4.60. The number of aliphatic hydroxyl groups is 3. The van der Waals surface area contributed by atoms with Gasteiger partial charge < -0.3 is 41.5 Å². The molecular formula is C33H60BrNO4. The maximum atomic E-state index is 10.9. The fourth-order valence-electron chi connectivity index (χ4n) is 11.6. The molecule has 0 unspecified atom stereocenters. The Morgan fingerprint density at radius 3 is 2.23 bits per heavy atom. The number of ether oxygens (including phenoxy) is 1. The normalized spacial score (nSPS) is 45.5. The minimum atomic E-state index is -0.271. The molecule has 0 aromatic carbocycles. The molecule has 5 fully saturated rings. The SMILES string of the molecule is CC(C)CCC[C@@H](C)[C@H]1CC[C@H]2[C@@H]3C[C@]4(C[N+](C)(CCO)CCO)O[C@]45C[C@@H](O)CC[C@]5(C)[C@H]3CC[C@]12C.[Br-]. The first kappa shape index (κ1) is 32.2. The molecule has 6 heteroatoms. The predicted octanol–water partition coefficient (Wildman–Crippen LogP) is 2.41. The molecule has 39 heavy (non-hydrogen) atoms. The van der Waals surface area contributed by atoms with E-state index >= 15 is 0 Å². The minimum Gasteiger partial charge on any atom is -1.00 e. The summed E-state index contributed by atoms with van der Waals surface area (Å²) in [5.41, 5.74) is 0.0792. The van der Waals surface area contributed by atoms with E-state index < -0.39 is 0 Å². The summed E-state index contributed by atoms with van der Waals surface area (Å²) in [6, 6.07) is 0. The van der Waals surface area contributed by atoms with Crippen molar-refractivity contribution in [3.63, 3.8) is 0 Å². The van der Waals surface area contributed by atoms with Crippen LogP contribution in [0, 0.1) is 46.3 Å². The highest BCUT2D eigenvalue weighted by molar-refractivity contribution is 5.31. The van der Waals surface area contributed by atoms with Crippen LogP contribution in [0.1, 0.15) is 105 Å². The number of aliphatic hydroxyl groups excluding tert-OH is 3. The molecule has 5 nitrogen and oxygen atoms in total. The summed E-state index contributed by atoms with van der Waals surface area (Å²) < 4.78 is 7.75. The molecule has 4 saturated carbocycles. The second-order valence-corrected chi connectivity index (χ2v) is 16.0. The molecule has 0 aromatic heterocycles. The van der Waals surface area contributed by atoms with Crippen molar-refractivity contribution in [1.82, 2.24) is 0 Å². The highest BCUT2D eigenvalue weighted by atomic mass is 79.9. The number of fused-ring (bicyclic) bond motifs is 4. The predicted molar refractivity (Wildman–Crippen MR) is 152 cm³/mol. The van der Waals surface area contributed by atoms with Crippen molar-refractivity contribution in [3.8, 4) is 0 Å². The Hall–Kier alpha value is 0.280. The Labute approximate surface area is 249 Å². The third kappa shape index (κ3) is 5.11. The lowest BCUT2D eigenvalue weighted by molar-refractivity contribution is -0.913. The molecule has 0 bridgehead atoms. The summed E-state index contributed by atoms with van der Waals surface area (Å²) in [5, 5.41) is 30.7. The quantitative estimate of drug-likeness (QED) is 0.247. The smallest absolute Gasteiger partial charge is 0.147 e. The zero-order valence-electron chi connectivity index (χ0n) is 25.9. The summed E-state index contributed by atoms with van der Waals surface area (Å²) >= 11 is 0. The molecule has 4 aliphatic carbocycles. The average molecular weight is 615 g/mol. The Morgan fingerprint density at radius 2 is 1.59 bits per heavy atom. The second-order valence-electron chi connectivity index (χ2n) is 16.0. The molecule has 5 rings (SSSR count). The number of halogens is 1. The van der Waals surface area contributed by atoms with Crippen LogP contribution in [0.25, 0.3) is 0 Å². The van der Waals surface area contributed by atoms with Crippen molar-refractivity contribution in [2.75, 3.05) is 39.9 Å². The van der Waals surface area contributed by atoms with E-state index in [4.69, 9.17) is 4.74 Å². The van der Waals surface area contributed by atoms with E-state index in [9.17, 15) is 15.3 Å². The number of epoxide rings is 1. The molecule has 3 N–H and O–H groups in total. The molecule has 1 aliphatic heterocycles. The van der Waals surface area contributed by atoms with Crippen LogP contribution >= 0.6 is 0 Å². The van der Waals surface area contributed by atoms with Gasteiger partial charge >= 0.3 is 0 Å². The van der Waals surface area contributed by atoms with Crippen LogP contribution in [-0.4, -0.2) is 77.0 Å². The van der Waals surface area contributed by atoms with Crippen molar-refractivity contribution >= 4 is 0 Å². The summed E-state index contributed by atoms with van der Waals surface area (Å²) in [6.07, 6.45) is 13.1. The van der Waals surface area contributed by atoms with E-state index in [0.29, 0.717) is 34.8 Å². The van der Waals surface area contributed by atoms with Gasteiger partial charge in [-0.15, -0.1) is 0 Å². The zero-order chi connectivity index (χ0) is 27.6. The fraction of sp³-hybridized carbons (Fsp3) is 1.00. The number of quaternary nitrogens is 1. The van der Waals surface area contributed by atoms with E-state index in [0.717, 1.165) is 55.9 Å². The number of rotatable bonds is 11. The van der Waals surface area contributed by atoms with E-state index in [1.807, 2.05) is 0 Å². The van der Waals surface area contributed by atoms with Crippen molar-refractivity contribution in [1.29, 1.82) is 0 Å². The van der Waals surface area contributed by atoms with Crippen molar-refractivity contribution < 1.29 is 41.5 Å². The topological polar surface area (TPSA) is 73.2 Å². The highest BCUT2D eigenvalue weighted by Gasteiger charge is 2.85. The molecule has 0 aromatic rings. The Balaban J connectivity index is 0.00000353. The van der Waals surface area contributed by atoms with E-state index in [1.165, 1.54) is 44.9 Å². The Bertz CT molecular complexity index is 850. The number of hydrogen-bond donors (Lipinski definition) is 3. The Morgan fingerprint density at radius 1 is 0.897 bits per heavy atom. The van der Waals surface area contributed by atoms with E-state index in [-0.39, 0.29) is 52.9 Å².